The number of nitrogens with zero attached hydrogens (tertiary/aromatic N) is 2. The minimum atomic E-state index is -0.298. The van der Waals surface area contributed by atoms with Crippen LogP contribution >= 0.6 is 0 Å². The van der Waals surface area contributed by atoms with Crippen LogP contribution in [0.2, 0.25) is 0 Å². The summed E-state index contributed by atoms with van der Waals surface area (Å²) in [6.45, 7) is 1.06. The van der Waals surface area contributed by atoms with Gasteiger partial charge in [0.2, 0.25) is 0 Å². The minimum Gasteiger partial charge on any atom is -0.469 e. The van der Waals surface area contributed by atoms with Crippen molar-refractivity contribution >= 4 is 17.7 Å². The molecular formula is C15H24N2O5. The number of likely N-dealkylation sites (tertiary alicyclic amines) is 2. The van der Waals surface area contributed by atoms with E-state index in [1.165, 1.54) is 14.2 Å². The Kier molecular flexibility index (Phi) is 5.18. The minimum absolute atomic E-state index is 0.0720. The summed E-state index contributed by atoms with van der Waals surface area (Å²) in [5, 5.41) is 0. The first kappa shape index (κ1) is 16.9. The summed E-state index contributed by atoms with van der Waals surface area (Å²) < 4.78 is 9.54. The average Bonchev–Trinajstić information content (AvgIpc) is 3.08. The Balaban J connectivity index is 2.02. The summed E-state index contributed by atoms with van der Waals surface area (Å²) in [6, 6.07) is -0.596. The van der Waals surface area contributed by atoms with E-state index in [2.05, 4.69) is 0 Å². The molecule has 0 bridgehead atoms. The molecule has 0 N–H and O–H groups in total. The van der Waals surface area contributed by atoms with Gasteiger partial charge in [-0.3, -0.25) is 24.2 Å². The second-order valence-electron chi connectivity index (χ2n) is 6.22. The van der Waals surface area contributed by atoms with Crippen LogP contribution in [0.3, 0.4) is 0 Å². The molecule has 0 aliphatic carbocycles. The Bertz CT molecular complexity index is 427. The summed E-state index contributed by atoms with van der Waals surface area (Å²) in [5.41, 5.74) is 0. The number of Topliss-reactive ketones (excluding diaryl/α,β-unsaturated/α-hetero) is 1. The van der Waals surface area contributed by atoms with Gasteiger partial charge < -0.3 is 9.47 Å². The fraction of sp³-hybridized carbons (Fsp3) is 0.800. The maximum absolute atomic E-state index is 12.8. The smallest absolute Gasteiger partial charge is 0.310 e. The van der Waals surface area contributed by atoms with Crippen molar-refractivity contribution in [2.24, 2.45) is 11.8 Å². The highest BCUT2D eigenvalue weighted by Gasteiger charge is 2.45. The van der Waals surface area contributed by atoms with Crippen LogP contribution in [0, 0.1) is 11.8 Å². The van der Waals surface area contributed by atoms with Crippen LogP contribution in [0.25, 0.3) is 0 Å². The maximum Gasteiger partial charge on any atom is 0.310 e. The van der Waals surface area contributed by atoms with Crippen LogP contribution in [-0.2, 0) is 23.9 Å². The van der Waals surface area contributed by atoms with E-state index in [0.717, 1.165) is 0 Å². The van der Waals surface area contributed by atoms with Crippen molar-refractivity contribution in [1.82, 2.24) is 9.80 Å². The molecule has 0 aromatic carbocycles. The Morgan fingerprint density at radius 3 is 1.50 bits per heavy atom. The van der Waals surface area contributed by atoms with Gasteiger partial charge in [-0.25, -0.2) is 0 Å². The number of esters is 2. The Labute approximate surface area is 130 Å². The third kappa shape index (κ3) is 3.15. The molecule has 4 unspecified atom stereocenters. The molecule has 2 aliphatic rings. The molecule has 0 aromatic heterocycles. The van der Waals surface area contributed by atoms with Gasteiger partial charge in [0.15, 0.2) is 5.78 Å². The molecule has 0 saturated carbocycles. The zero-order valence-electron chi connectivity index (χ0n) is 13.6. The number of rotatable bonds is 4. The number of hydrogen-bond acceptors (Lipinski definition) is 7. The second kappa shape index (κ2) is 6.75. The lowest BCUT2D eigenvalue weighted by Gasteiger charge is -2.25. The maximum atomic E-state index is 12.8. The summed E-state index contributed by atoms with van der Waals surface area (Å²) in [4.78, 5) is 39.9. The zero-order valence-corrected chi connectivity index (χ0v) is 13.6. The van der Waals surface area contributed by atoms with E-state index >= 15 is 0 Å². The molecule has 2 rings (SSSR count). The van der Waals surface area contributed by atoms with E-state index in [9.17, 15) is 14.4 Å². The van der Waals surface area contributed by atoms with Crippen molar-refractivity contribution in [3.63, 3.8) is 0 Å². The Morgan fingerprint density at radius 1 is 0.818 bits per heavy atom. The lowest BCUT2D eigenvalue weighted by molar-refractivity contribution is -0.145. The van der Waals surface area contributed by atoms with E-state index < -0.39 is 0 Å². The number of ketones is 1. The average molecular weight is 312 g/mol. The monoisotopic (exact) mass is 312 g/mol. The van der Waals surface area contributed by atoms with Crippen molar-refractivity contribution in [2.75, 3.05) is 41.4 Å². The Morgan fingerprint density at radius 2 is 1.18 bits per heavy atom. The largest absolute Gasteiger partial charge is 0.469 e. The van der Waals surface area contributed by atoms with Crippen LogP contribution in [-0.4, -0.2) is 81.0 Å². The number of methoxy groups -OCH3 is 2. The van der Waals surface area contributed by atoms with Crippen LogP contribution < -0.4 is 0 Å². The van der Waals surface area contributed by atoms with Gasteiger partial charge in [-0.05, 0) is 26.9 Å². The number of carbonyl (C=O) groups excluding carboxylic acids is 3. The molecule has 7 heteroatoms. The standard InChI is InChI=1S/C15H24N2O5/c1-16-7-9(14(19)21-3)5-11(16)13(18)12-6-10(8-17(12)2)15(20)22-4/h9-12H,5-8H2,1-4H3. The number of carbonyl (C=O) groups is 3. The zero-order chi connectivity index (χ0) is 16.4. The van der Waals surface area contributed by atoms with Gasteiger partial charge in [-0.2, -0.15) is 0 Å². The first-order valence-corrected chi connectivity index (χ1v) is 7.48. The molecule has 0 radical (unpaired) electrons. The highest BCUT2D eigenvalue weighted by molar-refractivity contribution is 5.91. The molecule has 7 nitrogen and oxygen atoms in total. The Hall–Kier alpha value is -1.47. The van der Waals surface area contributed by atoms with Crippen molar-refractivity contribution in [3.8, 4) is 0 Å². The molecule has 0 spiro atoms. The van der Waals surface area contributed by atoms with Gasteiger partial charge in [0, 0.05) is 13.1 Å². The van der Waals surface area contributed by atoms with Gasteiger partial charge in [-0.15, -0.1) is 0 Å². The van der Waals surface area contributed by atoms with Gasteiger partial charge in [0.05, 0.1) is 38.1 Å². The molecule has 124 valence electrons. The molecule has 0 amide bonds. The van der Waals surface area contributed by atoms with Crippen LogP contribution in [0.4, 0.5) is 0 Å². The number of hydrogen-bond donors (Lipinski definition) is 0. The van der Waals surface area contributed by atoms with E-state index in [-0.39, 0.29) is 41.6 Å². The fourth-order valence-electron chi connectivity index (χ4n) is 3.56. The third-order valence-corrected chi connectivity index (χ3v) is 4.82. The molecule has 2 fully saturated rings. The number of likely N-dealkylation sites (N-methyl/N-ethyl adjacent to an activating group) is 2. The topological polar surface area (TPSA) is 76.1 Å². The third-order valence-electron chi connectivity index (χ3n) is 4.82. The van der Waals surface area contributed by atoms with Gasteiger partial charge in [0.25, 0.3) is 0 Å². The van der Waals surface area contributed by atoms with Gasteiger partial charge in [-0.1, -0.05) is 0 Å². The summed E-state index contributed by atoms with van der Waals surface area (Å²) in [6.07, 6.45) is 0.963. The molecule has 0 aromatic rings. The van der Waals surface area contributed by atoms with Crippen LogP contribution in [0.5, 0.6) is 0 Å². The van der Waals surface area contributed by atoms with Gasteiger partial charge >= 0.3 is 11.9 Å². The van der Waals surface area contributed by atoms with Crippen molar-refractivity contribution in [2.45, 2.75) is 24.9 Å². The van der Waals surface area contributed by atoms with E-state index in [1.54, 1.807) is 0 Å². The summed E-state index contributed by atoms with van der Waals surface area (Å²) in [7, 11) is 6.42. The first-order chi connectivity index (χ1) is 10.4. The molecule has 4 atom stereocenters. The van der Waals surface area contributed by atoms with Crippen molar-refractivity contribution < 1.29 is 23.9 Å². The summed E-state index contributed by atoms with van der Waals surface area (Å²) >= 11 is 0. The predicted octanol–water partition coefficient (Wildman–Crippen LogP) is -0.458. The van der Waals surface area contributed by atoms with Crippen LogP contribution in [0.1, 0.15) is 12.8 Å². The molecule has 2 saturated heterocycles. The molecule has 2 aliphatic heterocycles. The summed E-state index contributed by atoms with van der Waals surface area (Å²) in [5.74, 6) is -0.981. The lowest BCUT2D eigenvalue weighted by atomic mass is 9.95. The highest BCUT2D eigenvalue weighted by atomic mass is 16.5. The molecular weight excluding hydrogens is 288 g/mol. The lowest BCUT2D eigenvalue weighted by Crippen LogP contribution is -2.44. The fourth-order valence-corrected chi connectivity index (χ4v) is 3.56. The predicted molar refractivity (Wildman–Crippen MR) is 78.1 cm³/mol. The van der Waals surface area contributed by atoms with E-state index in [4.69, 9.17) is 9.47 Å². The number of ether oxygens (including phenoxy) is 2. The highest BCUT2D eigenvalue weighted by Crippen LogP contribution is 2.30. The molecule has 2 heterocycles. The van der Waals surface area contributed by atoms with Crippen LogP contribution in [0.15, 0.2) is 0 Å². The van der Waals surface area contributed by atoms with E-state index in [1.807, 2.05) is 23.9 Å². The quantitative estimate of drug-likeness (QED) is 0.650. The second-order valence-corrected chi connectivity index (χ2v) is 6.22. The van der Waals surface area contributed by atoms with E-state index in [0.29, 0.717) is 25.9 Å². The van der Waals surface area contributed by atoms with Gasteiger partial charge in [0.1, 0.15) is 0 Å². The normalized spacial score (nSPS) is 32.9. The first-order valence-electron chi connectivity index (χ1n) is 7.48. The van der Waals surface area contributed by atoms with Crippen molar-refractivity contribution in [1.29, 1.82) is 0 Å². The van der Waals surface area contributed by atoms with Crippen molar-refractivity contribution in [3.05, 3.63) is 0 Å². The molecule has 22 heavy (non-hydrogen) atoms. The SMILES string of the molecule is COC(=O)C1CC(C(=O)C2CC(C(=O)OC)CN2C)N(C)C1.